The Morgan fingerprint density at radius 3 is 2.62 bits per heavy atom. The number of ether oxygens (including phenoxy) is 1. The second-order valence-corrected chi connectivity index (χ2v) is 4.45. The number of aryl methyl sites for hydroxylation is 1. The number of rotatable bonds is 5. The summed E-state index contributed by atoms with van der Waals surface area (Å²) in [5, 5.41) is 0.604. The summed E-state index contributed by atoms with van der Waals surface area (Å²) in [5.41, 5.74) is 2.33. The van der Waals surface area contributed by atoms with Gasteiger partial charge in [0.15, 0.2) is 0 Å². The van der Waals surface area contributed by atoms with Gasteiger partial charge in [0.25, 0.3) is 0 Å². The molecule has 0 spiro atoms. The average Bonchev–Trinajstić information content (AvgIpc) is 2.25. The van der Waals surface area contributed by atoms with E-state index in [9.17, 15) is 4.79 Å². The van der Waals surface area contributed by atoms with Crippen LogP contribution in [0.25, 0.3) is 0 Å². The third-order valence-corrected chi connectivity index (χ3v) is 2.86. The van der Waals surface area contributed by atoms with Crippen molar-refractivity contribution in [1.82, 2.24) is 0 Å². The first-order valence-electron chi connectivity index (χ1n) is 5.40. The average molecular weight is 241 g/mol. The highest BCUT2D eigenvalue weighted by Crippen LogP contribution is 2.32. The number of hydrogen-bond donors (Lipinski definition) is 0. The normalized spacial score (nSPS) is 10.6. The molecule has 88 valence electrons. The third-order valence-electron chi connectivity index (χ3n) is 2.57. The molecule has 0 atom stereocenters. The lowest BCUT2D eigenvalue weighted by atomic mass is 9.94. The Bertz CT molecular complexity index is 372. The van der Waals surface area contributed by atoms with Gasteiger partial charge in [0.2, 0.25) is 0 Å². The largest absolute Gasteiger partial charge is 0.495 e. The zero-order valence-corrected chi connectivity index (χ0v) is 10.7. The molecular weight excluding hydrogens is 224 g/mol. The molecule has 1 rings (SSSR count). The summed E-state index contributed by atoms with van der Waals surface area (Å²) < 4.78 is 5.19. The van der Waals surface area contributed by atoms with Crippen LogP contribution in [-0.4, -0.2) is 13.4 Å². The zero-order chi connectivity index (χ0) is 12.1. The minimum atomic E-state index is 0.396. The van der Waals surface area contributed by atoms with E-state index in [2.05, 4.69) is 13.8 Å². The lowest BCUT2D eigenvalue weighted by Gasteiger charge is -2.15. The third kappa shape index (κ3) is 2.99. The van der Waals surface area contributed by atoms with Gasteiger partial charge in [-0.3, -0.25) is 0 Å². The van der Waals surface area contributed by atoms with Crippen molar-refractivity contribution in [2.24, 2.45) is 0 Å². The van der Waals surface area contributed by atoms with Crippen molar-refractivity contribution in [2.75, 3.05) is 7.11 Å². The van der Waals surface area contributed by atoms with Crippen LogP contribution in [0, 0.1) is 0 Å². The summed E-state index contributed by atoms with van der Waals surface area (Å²) in [5.74, 6) is 1.09. The van der Waals surface area contributed by atoms with E-state index in [1.807, 2.05) is 12.1 Å². The van der Waals surface area contributed by atoms with Crippen LogP contribution < -0.4 is 4.74 Å². The van der Waals surface area contributed by atoms with Gasteiger partial charge in [0.05, 0.1) is 12.1 Å². The van der Waals surface area contributed by atoms with Crippen molar-refractivity contribution in [3.63, 3.8) is 0 Å². The van der Waals surface area contributed by atoms with Gasteiger partial charge in [-0.05, 0) is 35.6 Å². The highest BCUT2D eigenvalue weighted by Gasteiger charge is 2.11. The molecule has 0 unspecified atom stereocenters. The van der Waals surface area contributed by atoms with Gasteiger partial charge >= 0.3 is 0 Å². The van der Waals surface area contributed by atoms with Crippen LogP contribution in [0.2, 0.25) is 5.02 Å². The fourth-order valence-corrected chi connectivity index (χ4v) is 2.00. The minimum absolute atomic E-state index is 0.396. The van der Waals surface area contributed by atoms with E-state index in [-0.39, 0.29) is 0 Å². The molecule has 1 aromatic rings. The maximum absolute atomic E-state index is 10.4. The summed E-state index contributed by atoms with van der Waals surface area (Å²) in [4.78, 5) is 10.4. The predicted molar refractivity (Wildman–Crippen MR) is 66.5 cm³/mol. The molecule has 16 heavy (non-hydrogen) atoms. The molecule has 0 aliphatic heterocycles. The van der Waals surface area contributed by atoms with Crippen molar-refractivity contribution in [1.29, 1.82) is 0 Å². The molecule has 0 bridgehead atoms. The number of methoxy groups -OCH3 is 1. The second-order valence-electron chi connectivity index (χ2n) is 4.05. The molecule has 0 saturated carbocycles. The summed E-state index contributed by atoms with van der Waals surface area (Å²) in [6.45, 7) is 4.24. The SMILES string of the molecule is COc1cc(C(C)C)c(CCC=O)cc1Cl. The standard InChI is InChI=1S/C13H17ClO2/c1-9(2)11-8-13(16-3)12(14)7-10(11)5-4-6-15/h6-9H,4-5H2,1-3H3. The second kappa shape index (κ2) is 5.90. The van der Waals surface area contributed by atoms with Gasteiger partial charge in [-0.15, -0.1) is 0 Å². The van der Waals surface area contributed by atoms with Crippen LogP contribution in [0.3, 0.4) is 0 Å². The Morgan fingerprint density at radius 2 is 2.12 bits per heavy atom. The maximum Gasteiger partial charge on any atom is 0.137 e. The Morgan fingerprint density at radius 1 is 1.44 bits per heavy atom. The maximum atomic E-state index is 10.4. The van der Waals surface area contributed by atoms with Crippen LogP contribution in [0.1, 0.15) is 37.3 Å². The van der Waals surface area contributed by atoms with E-state index >= 15 is 0 Å². The van der Waals surface area contributed by atoms with Crippen LogP contribution in [0.5, 0.6) is 5.75 Å². The molecule has 0 saturated heterocycles. The molecule has 0 aliphatic carbocycles. The van der Waals surface area contributed by atoms with Gasteiger partial charge in [0, 0.05) is 6.42 Å². The Labute approximate surface area is 102 Å². The minimum Gasteiger partial charge on any atom is -0.495 e. The van der Waals surface area contributed by atoms with Crippen molar-refractivity contribution in [3.8, 4) is 5.75 Å². The summed E-state index contributed by atoms with van der Waals surface area (Å²) in [7, 11) is 1.61. The highest BCUT2D eigenvalue weighted by atomic mass is 35.5. The van der Waals surface area contributed by atoms with Gasteiger partial charge in [-0.1, -0.05) is 25.4 Å². The van der Waals surface area contributed by atoms with Crippen molar-refractivity contribution < 1.29 is 9.53 Å². The molecule has 0 radical (unpaired) electrons. The molecule has 2 nitrogen and oxygen atoms in total. The Kier molecular flexibility index (Phi) is 4.81. The lowest BCUT2D eigenvalue weighted by molar-refractivity contribution is -0.107. The van der Waals surface area contributed by atoms with Crippen LogP contribution in [-0.2, 0) is 11.2 Å². The first kappa shape index (κ1) is 13.0. The number of carbonyl (C=O) groups excluding carboxylic acids is 1. The fourth-order valence-electron chi connectivity index (χ4n) is 1.74. The number of hydrogen-bond acceptors (Lipinski definition) is 2. The summed E-state index contributed by atoms with van der Waals surface area (Å²) in [6.07, 6.45) is 2.20. The first-order chi connectivity index (χ1) is 7.60. The van der Waals surface area contributed by atoms with Gasteiger partial charge in [-0.2, -0.15) is 0 Å². The lowest BCUT2D eigenvalue weighted by Crippen LogP contribution is -1.99. The zero-order valence-electron chi connectivity index (χ0n) is 9.92. The predicted octanol–water partition coefficient (Wildman–Crippen LogP) is 3.60. The topological polar surface area (TPSA) is 26.3 Å². The molecule has 0 amide bonds. The molecule has 1 aromatic carbocycles. The number of aldehydes is 1. The number of carbonyl (C=O) groups is 1. The molecule has 3 heteroatoms. The molecule has 0 heterocycles. The van der Waals surface area contributed by atoms with Crippen LogP contribution in [0.15, 0.2) is 12.1 Å². The number of benzene rings is 1. The van der Waals surface area contributed by atoms with E-state index in [1.54, 1.807) is 7.11 Å². The summed E-state index contributed by atoms with van der Waals surface area (Å²) >= 11 is 6.07. The van der Waals surface area contributed by atoms with E-state index < -0.39 is 0 Å². The van der Waals surface area contributed by atoms with Crippen LogP contribution in [0.4, 0.5) is 0 Å². The van der Waals surface area contributed by atoms with E-state index in [4.69, 9.17) is 16.3 Å². The molecule has 0 N–H and O–H groups in total. The highest BCUT2D eigenvalue weighted by molar-refractivity contribution is 6.32. The van der Waals surface area contributed by atoms with Crippen molar-refractivity contribution in [2.45, 2.75) is 32.6 Å². The van der Waals surface area contributed by atoms with Gasteiger partial charge < -0.3 is 9.53 Å². The monoisotopic (exact) mass is 240 g/mol. The Balaban J connectivity index is 3.13. The van der Waals surface area contributed by atoms with E-state index in [1.165, 1.54) is 5.56 Å². The quantitative estimate of drug-likeness (QED) is 0.735. The molecule has 0 aliphatic rings. The molecule has 0 aromatic heterocycles. The Hall–Kier alpha value is -1.02. The van der Waals surface area contributed by atoms with E-state index in [0.29, 0.717) is 23.1 Å². The molecule has 0 fully saturated rings. The number of halogens is 1. The van der Waals surface area contributed by atoms with Crippen LogP contribution >= 0.6 is 11.6 Å². The smallest absolute Gasteiger partial charge is 0.137 e. The molecular formula is C13H17ClO2. The fraction of sp³-hybridized carbons (Fsp3) is 0.462. The summed E-state index contributed by atoms with van der Waals surface area (Å²) in [6, 6.07) is 3.87. The van der Waals surface area contributed by atoms with Crippen molar-refractivity contribution >= 4 is 17.9 Å². The first-order valence-corrected chi connectivity index (χ1v) is 5.77. The van der Waals surface area contributed by atoms with Gasteiger partial charge in [-0.25, -0.2) is 0 Å². The van der Waals surface area contributed by atoms with E-state index in [0.717, 1.165) is 18.3 Å². The van der Waals surface area contributed by atoms with Gasteiger partial charge in [0.1, 0.15) is 12.0 Å². The van der Waals surface area contributed by atoms with Crippen molar-refractivity contribution in [3.05, 3.63) is 28.3 Å².